The Morgan fingerprint density at radius 3 is 2.80 bits per heavy atom. The highest BCUT2D eigenvalue weighted by Crippen LogP contribution is 2.25. The van der Waals surface area contributed by atoms with E-state index < -0.39 is 0 Å². The molecule has 2 heterocycles. The van der Waals surface area contributed by atoms with Crippen molar-refractivity contribution in [3.63, 3.8) is 0 Å². The fourth-order valence-corrected chi connectivity index (χ4v) is 2.36. The predicted molar refractivity (Wildman–Crippen MR) is 65.1 cm³/mol. The van der Waals surface area contributed by atoms with Crippen molar-refractivity contribution in [2.75, 3.05) is 0 Å². The molecule has 0 radical (unpaired) electrons. The van der Waals surface area contributed by atoms with Crippen LogP contribution in [0.25, 0.3) is 21.9 Å². The summed E-state index contributed by atoms with van der Waals surface area (Å²) in [6.45, 7) is 0. The first-order valence-electron chi connectivity index (χ1n) is 4.80. The van der Waals surface area contributed by atoms with Gasteiger partial charge in [0.25, 0.3) is 0 Å². The molecule has 0 saturated carbocycles. The number of thiophene rings is 1. The van der Waals surface area contributed by atoms with E-state index in [0.717, 1.165) is 0 Å². The molecule has 3 rings (SSSR count). The zero-order chi connectivity index (χ0) is 10.1. The lowest BCUT2D eigenvalue weighted by Gasteiger charge is -2.00. The summed E-state index contributed by atoms with van der Waals surface area (Å²) in [6, 6.07) is 10.7. The fraction of sp³-hybridized carbons (Fsp3) is 0. The molecule has 0 bridgehead atoms. The number of rotatable bonds is 1. The molecule has 0 atom stereocenters. The number of fused-ring (bicyclic) bond motifs is 1. The molecule has 0 aliphatic heterocycles. The van der Waals surface area contributed by atoms with Gasteiger partial charge in [0.15, 0.2) is 0 Å². The van der Waals surface area contributed by atoms with Gasteiger partial charge in [-0.05, 0) is 45.5 Å². The van der Waals surface area contributed by atoms with Crippen molar-refractivity contribution in [1.82, 2.24) is 4.98 Å². The van der Waals surface area contributed by atoms with E-state index in [2.05, 4.69) is 40.0 Å². The zero-order valence-corrected chi connectivity index (χ0v) is 8.87. The summed E-state index contributed by atoms with van der Waals surface area (Å²) in [6.07, 6.45) is 3.73. The third kappa shape index (κ3) is 1.53. The molecule has 0 aliphatic carbocycles. The molecule has 3 aromatic rings. The summed E-state index contributed by atoms with van der Waals surface area (Å²) in [5.41, 5.74) is 2.54. The summed E-state index contributed by atoms with van der Waals surface area (Å²) in [5, 5.41) is 6.70. The molecule has 0 spiro atoms. The lowest BCUT2D eigenvalue weighted by atomic mass is 10.1. The SMILES string of the molecule is c1cc2ccc(-c3ccsc3)cc2cn1. The monoisotopic (exact) mass is 211 g/mol. The summed E-state index contributed by atoms with van der Waals surface area (Å²) < 4.78 is 0. The van der Waals surface area contributed by atoms with Crippen molar-refractivity contribution in [2.45, 2.75) is 0 Å². The Balaban J connectivity index is 2.22. The first-order chi connectivity index (χ1) is 7.43. The topological polar surface area (TPSA) is 12.9 Å². The molecule has 0 aliphatic rings. The van der Waals surface area contributed by atoms with Crippen LogP contribution in [0.5, 0.6) is 0 Å². The van der Waals surface area contributed by atoms with E-state index in [1.165, 1.54) is 21.9 Å². The van der Waals surface area contributed by atoms with Gasteiger partial charge in [-0.3, -0.25) is 4.98 Å². The summed E-state index contributed by atoms with van der Waals surface area (Å²) in [4.78, 5) is 4.14. The largest absolute Gasteiger partial charge is 0.264 e. The maximum atomic E-state index is 4.14. The Hall–Kier alpha value is -1.67. The molecule has 1 nitrogen and oxygen atoms in total. The van der Waals surface area contributed by atoms with E-state index in [1.54, 1.807) is 11.3 Å². The number of benzene rings is 1. The summed E-state index contributed by atoms with van der Waals surface area (Å²) in [5.74, 6) is 0. The summed E-state index contributed by atoms with van der Waals surface area (Å²) >= 11 is 1.72. The molecule has 0 saturated heterocycles. The van der Waals surface area contributed by atoms with Gasteiger partial charge < -0.3 is 0 Å². The second kappa shape index (κ2) is 3.48. The molecule has 1 aromatic carbocycles. The number of hydrogen-bond donors (Lipinski definition) is 0. The van der Waals surface area contributed by atoms with Crippen LogP contribution < -0.4 is 0 Å². The predicted octanol–water partition coefficient (Wildman–Crippen LogP) is 3.96. The lowest BCUT2D eigenvalue weighted by molar-refractivity contribution is 1.36. The second-order valence-corrected chi connectivity index (χ2v) is 4.23. The van der Waals surface area contributed by atoms with Crippen LogP contribution in [0.3, 0.4) is 0 Å². The minimum Gasteiger partial charge on any atom is -0.264 e. The van der Waals surface area contributed by atoms with Crippen molar-refractivity contribution in [1.29, 1.82) is 0 Å². The van der Waals surface area contributed by atoms with Crippen molar-refractivity contribution >= 4 is 22.1 Å². The Kier molecular flexibility index (Phi) is 2.00. The van der Waals surface area contributed by atoms with E-state index in [1.807, 2.05) is 18.5 Å². The Morgan fingerprint density at radius 1 is 0.933 bits per heavy atom. The van der Waals surface area contributed by atoms with Crippen LogP contribution in [0, 0.1) is 0 Å². The minimum absolute atomic E-state index is 1.20. The number of aromatic nitrogens is 1. The van der Waals surface area contributed by atoms with Gasteiger partial charge in [-0.25, -0.2) is 0 Å². The van der Waals surface area contributed by atoms with Crippen molar-refractivity contribution in [3.05, 3.63) is 53.5 Å². The smallest absolute Gasteiger partial charge is 0.0346 e. The van der Waals surface area contributed by atoms with Gasteiger partial charge in [-0.15, -0.1) is 0 Å². The van der Waals surface area contributed by atoms with E-state index in [4.69, 9.17) is 0 Å². The van der Waals surface area contributed by atoms with Gasteiger partial charge in [0.2, 0.25) is 0 Å². The molecule has 2 heteroatoms. The van der Waals surface area contributed by atoms with Crippen LogP contribution in [0.1, 0.15) is 0 Å². The second-order valence-electron chi connectivity index (χ2n) is 3.45. The van der Waals surface area contributed by atoms with Gasteiger partial charge in [0.1, 0.15) is 0 Å². The van der Waals surface area contributed by atoms with E-state index in [0.29, 0.717) is 0 Å². The highest BCUT2D eigenvalue weighted by Gasteiger charge is 1.99. The fourth-order valence-electron chi connectivity index (χ4n) is 1.69. The van der Waals surface area contributed by atoms with Crippen molar-refractivity contribution < 1.29 is 0 Å². The van der Waals surface area contributed by atoms with E-state index in [9.17, 15) is 0 Å². The number of hydrogen-bond acceptors (Lipinski definition) is 2. The van der Waals surface area contributed by atoms with Gasteiger partial charge in [0.05, 0.1) is 0 Å². The Bertz CT molecular complexity index is 584. The van der Waals surface area contributed by atoms with E-state index in [-0.39, 0.29) is 0 Å². The highest BCUT2D eigenvalue weighted by atomic mass is 32.1. The van der Waals surface area contributed by atoms with Crippen LogP contribution in [0.15, 0.2) is 53.5 Å². The number of nitrogens with zero attached hydrogens (tertiary/aromatic N) is 1. The summed E-state index contributed by atoms with van der Waals surface area (Å²) in [7, 11) is 0. The molecule has 0 amide bonds. The third-order valence-corrected chi connectivity index (χ3v) is 3.18. The molecule has 15 heavy (non-hydrogen) atoms. The third-order valence-electron chi connectivity index (χ3n) is 2.50. The van der Waals surface area contributed by atoms with Crippen LogP contribution in [0.4, 0.5) is 0 Å². The molecule has 2 aromatic heterocycles. The highest BCUT2D eigenvalue weighted by molar-refractivity contribution is 7.08. The van der Waals surface area contributed by atoms with Crippen LogP contribution >= 0.6 is 11.3 Å². The van der Waals surface area contributed by atoms with Crippen LogP contribution in [-0.2, 0) is 0 Å². The normalized spacial score (nSPS) is 10.7. The van der Waals surface area contributed by atoms with Crippen molar-refractivity contribution in [2.24, 2.45) is 0 Å². The first-order valence-corrected chi connectivity index (χ1v) is 5.74. The molecule has 0 N–H and O–H groups in total. The Morgan fingerprint density at radius 2 is 1.93 bits per heavy atom. The van der Waals surface area contributed by atoms with Gasteiger partial charge in [0, 0.05) is 17.8 Å². The maximum absolute atomic E-state index is 4.14. The maximum Gasteiger partial charge on any atom is 0.0346 e. The van der Waals surface area contributed by atoms with Gasteiger partial charge >= 0.3 is 0 Å². The van der Waals surface area contributed by atoms with E-state index >= 15 is 0 Å². The molecule has 0 fully saturated rings. The molecular formula is C13H9NS. The average Bonchev–Trinajstić information content (AvgIpc) is 2.82. The minimum atomic E-state index is 1.20. The standard InChI is InChI=1S/C13H9NS/c1-2-11(12-4-6-15-9-12)7-13-8-14-5-3-10(1)13/h1-9H. The molecule has 0 unspecified atom stereocenters. The number of pyridine rings is 1. The van der Waals surface area contributed by atoms with Crippen LogP contribution in [0.2, 0.25) is 0 Å². The van der Waals surface area contributed by atoms with Crippen LogP contribution in [-0.4, -0.2) is 4.98 Å². The zero-order valence-electron chi connectivity index (χ0n) is 8.05. The average molecular weight is 211 g/mol. The van der Waals surface area contributed by atoms with Gasteiger partial charge in [-0.1, -0.05) is 12.1 Å². The first kappa shape index (κ1) is 8.62. The quantitative estimate of drug-likeness (QED) is 0.593. The Labute approximate surface area is 92.0 Å². The van der Waals surface area contributed by atoms with Gasteiger partial charge in [-0.2, -0.15) is 11.3 Å². The van der Waals surface area contributed by atoms with Crippen molar-refractivity contribution in [3.8, 4) is 11.1 Å². The molecular weight excluding hydrogens is 202 g/mol. The molecule has 72 valence electrons. The lowest BCUT2D eigenvalue weighted by Crippen LogP contribution is -1.77.